The second-order valence-electron chi connectivity index (χ2n) is 14.9. The Labute approximate surface area is 398 Å². The average molecular weight is 1050 g/mol. The van der Waals surface area contributed by atoms with Crippen LogP contribution in [0.15, 0.2) is 118 Å². The Morgan fingerprint density at radius 3 is 2.10 bits per heavy atom. The van der Waals surface area contributed by atoms with Crippen molar-refractivity contribution in [2.45, 2.75) is 35.0 Å². The number of hydrogen-bond acceptors (Lipinski definition) is 21. The predicted octanol–water partition coefficient (Wildman–Crippen LogP) is 8.79. The number of para-hydroxylation sites is 2. The van der Waals surface area contributed by atoms with Crippen molar-refractivity contribution in [1.82, 2.24) is 14.4 Å². The zero-order valence-corrected chi connectivity index (χ0v) is 39.5. The highest BCUT2D eigenvalue weighted by atomic mass is 32.2. The van der Waals surface area contributed by atoms with Crippen LogP contribution in [0, 0.1) is 25.2 Å². The van der Waals surface area contributed by atoms with Crippen molar-refractivity contribution in [3.8, 4) is 23.4 Å². The van der Waals surface area contributed by atoms with Gasteiger partial charge in [-0.2, -0.15) is 38.9 Å². The van der Waals surface area contributed by atoms with Crippen LogP contribution in [-0.4, -0.2) is 88.8 Å². The largest absolute Gasteiger partial charge is 0.505 e. The molecule has 0 unspecified atom stereocenters. The van der Waals surface area contributed by atoms with Crippen LogP contribution in [0.4, 0.5) is 33.6 Å². The van der Waals surface area contributed by atoms with Crippen molar-refractivity contribution in [1.29, 1.82) is 5.26 Å². The molecule has 3 aromatic heterocycles. The van der Waals surface area contributed by atoms with E-state index in [1.165, 1.54) is 42.5 Å². The van der Waals surface area contributed by atoms with Crippen molar-refractivity contribution < 1.29 is 66.8 Å². The lowest BCUT2D eigenvalue weighted by Crippen LogP contribution is -2.08. The maximum absolute atomic E-state index is 13.0. The van der Waals surface area contributed by atoms with Gasteiger partial charge in [0.15, 0.2) is 17.1 Å². The van der Waals surface area contributed by atoms with Crippen molar-refractivity contribution >= 4 is 123 Å². The number of rotatable bonds is 14. The normalized spacial score (nSPS) is 13.0. The molecule has 25 nitrogen and oxygen atoms in total. The van der Waals surface area contributed by atoms with Crippen LogP contribution in [-0.2, 0) is 40.5 Å². The number of fused-ring (bicyclic) bond motifs is 5. The van der Waals surface area contributed by atoms with Gasteiger partial charge in [0.25, 0.3) is 40.5 Å². The summed E-state index contributed by atoms with van der Waals surface area (Å²) in [6.45, 7) is 2.58. The third kappa shape index (κ3) is 9.72. The Bertz CT molecular complexity index is 4150. The van der Waals surface area contributed by atoms with Gasteiger partial charge in [-0.3, -0.25) is 22.6 Å². The minimum atomic E-state index is -5.45. The van der Waals surface area contributed by atoms with Crippen LogP contribution in [0.1, 0.15) is 23.1 Å². The Morgan fingerprint density at radius 2 is 1.41 bits per heavy atom. The van der Waals surface area contributed by atoms with Gasteiger partial charge in [-0.1, -0.05) is 23.5 Å². The molecule has 8 aromatic rings. The molecule has 0 aliphatic rings. The molecule has 3 heterocycles. The maximum Gasteiger partial charge on any atom is 0.297 e. The summed E-state index contributed by atoms with van der Waals surface area (Å²) in [6.07, 6.45) is -0.244. The van der Waals surface area contributed by atoms with Crippen molar-refractivity contribution in [2.24, 2.45) is 30.7 Å². The van der Waals surface area contributed by atoms with Crippen LogP contribution in [0.3, 0.4) is 0 Å². The number of phenolic OH excluding ortho intramolecular Hbond substituents is 1. The van der Waals surface area contributed by atoms with E-state index in [0.29, 0.717) is 32.9 Å². The van der Waals surface area contributed by atoms with Gasteiger partial charge < -0.3 is 14.9 Å². The molecule has 6 N–H and O–H groups in total. The highest BCUT2D eigenvalue weighted by Crippen LogP contribution is 2.47. The quantitative estimate of drug-likeness (QED) is 0.0336. The number of nitrogens with zero attached hydrogens (tertiary/aromatic N) is 10. The number of azo groups is 3. The monoisotopic (exact) mass is 1050 g/mol. The molecule has 0 amide bonds. The fourth-order valence-corrected chi connectivity index (χ4v) is 10.4. The van der Waals surface area contributed by atoms with E-state index < -0.39 is 89.8 Å². The first-order valence-corrected chi connectivity index (χ1v) is 26.2. The number of pyridine rings is 1. The van der Waals surface area contributed by atoms with E-state index in [0.717, 1.165) is 29.5 Å². The van der Waals surface area contributed by atoms with E-state index in [1.54, 1.807) is 24.3 Å². The third-order valence-corrected chi connectivity index (χ3v) is 14.6. The van der Waals surface area contributed by atoms with Gasteiger partial charge in [0.1, 0.15) is 44.2 Å². The predicted molar refractivity (Wildman–Crippen MR) is 249 cm³/mol. The van der Waals surface area contributed by atoms with Gasteiger partial charge in [-0.05, 0) is 80.4 Å². The van der Waals surface area contributed by atoms with Crippen molar-refractivity contribution in [3.63, 3.8) is 0 Å². The van der Waals surface area contributed by atoms with Crippen LogP contribution in [0.2, 0.25) is 0 Å². The van der Waals surface area contributed by atoms with E-state index in [2.05, 4.69) is 40.7 Å². The molecule has 0 aliphatic heterocycles. The first kappa shape index (κ1) is 49.0. The summed E-state index contributed by atoms with van der Waals surface area (Å²) in [5.41, 5.74) is -0.432. The molecule has 0 bridgehead atoms. The second-order valence-corrected chi connectivity index (χ2v) is 21.6. The molecule has 5 aromatic carbocycles. The van der Waals surface area contributed by atoms with Gasteiger partial charge in [0, 0.05) is 22.4 Å². The Hall–Kier alpha value is -7.47. The van der Waals surface area contributed by atoms with Gasteiger partial charge >= 0.3 is 0 Å². The zero-order chi connectivity index (χ0) is 50.7. The summed E-state index contributed by atoms with van der Waals surface area (Å²) in [5, 5.41) is 56.0. The second kappa shape index (κ2) is 18.1. The topological polar surface area (TPSA) is 395 Å². The lowest BCUT2D eigenvalue weighted by molar-refractivity contribution is 0.317. The zero-order valence-electron chi connectivity index (χ0n) is 35.4. The Balaban J connectivity index is 1.21. The lowest BCUT2D eigenvalue weighted by atomic mass is 10.1. The first-order valence-electron chi connectivity index (χ1n) is 19.5. The number of phenols is 1. The molecular weight excluding hydrogens is 1020 g/mol. The summed E-state index contributed by atoms with van der Waals surface area (Å²) in [7, 11) is -19.8. The molecular formula is C40H30N10O15S5. The Morgan fingerprint density at radius 1 is 0.714 bits per heavy atom. The fraction of sp³-hybridized carbons (Fsp3) is 0.125. The highest BCUT2D eigenvalue weighted by molar-refractivity contribution is 7.86. The summed E-state index contributed by atoms with van der Waals surface area (Å²) in [5.74, 6) is -2.53. The molecule has 0 radical (unpaired) electrons. The summed E-state index contributed by atoms with van der Waals surface area (Å²) >= 11 is 0.933. The summed E-state index contributed by atoms with van der Waals surface area (Å²) in [4.78, 5) is 5.97. The molecule has 0 fully saturated rings. The number of benzene rings is 5. The number of aromatic nitrogens is 3. The molecule has 0 spiro atoms. The van der Waals surface area contributed by atoms with E-state index in [4.69, 9.17) is 4.74 Å². The van der Waals surface area contributed by atoms with Gasteiger partial charge in [0.05, 0.1) is 44.2 Å². The summed E-state index contributed by atoms with van der Waals surface area (Å²) in [6, 6.07) is 17.4. The third-order valence-electron chi connectivity index (χ3n) is 10.2. The molecule has 0 saturated carbocycles. The first-order chi connectivity index (χ1) is 32.8. The number of ether oxygens (including phenoxy) is 1. The highest BCUT2D eigenvalue weighted by Gasteiger charge is 2.29. The number of aryl methyl sites for hydroxylation is 1. The smallest absolute Gasteiger partial charge is 0.297 e. The maximum atomic E-state index is 13.0. The molecule has 70 heavy (non-hydrogen) atoms. The SMILES string of the molecule is Cc1cc(N=Nc2c(S(=O)(=O)O)cc3c(S(=O)(=O)O)c(N=Nc4c(C)c(C#N)c5nc6ccccc6n5c4O)ccc3c2O)c(OCCCS(=O)(=O)O)cc1N=Nc1nc2ccc(S(=O)(=O)O)cc2s1. The minimum Gasteiger partial charge on any atom is -0.505 e. The molecule has 0 aliphatic carbocycles. The van der Waals surface area contributed by atoms with Gasteiger partial charge in [-0.25, -0.2) is 9.97 Å². The van der Waals surface area contributed by atoms with E-state index in [-0.39, 0.29) is 62.6 Å². The molecule has 0 saturated heterocycles. The van der Waals surface area contributed by atoms with Crippen LogP contribution >= 0.6 is 11.3 Å². The average Bonchev–Trinajstić information content (AvgIpc) is 3.87. The standard InChI is InChI=1S/C40H30N10O15S5/c1-19-14-29(31(65-12-5-13-67(53,54)55)17-28(19)45-49-40-43-26-10-8-21(68(56,57)58)15-32(26)66-40)46-48-35-33(69(59,60)61)16-23-22(36(35)51)9-11-27(37(23)70(62,63)64)44-47-34-20(2)24(18-41)38-42-25-6-3-4-7-30(25)50(38)39(34)52/h3-4,6-11,14-17,51-52H,5,12-13H2,1-2H3,(H,53,54,55)(H,56,57,58)(H,59,60,61)(H,62,63,64). The van der Waals surface area contributed by atoms with Crippen LogP contribution in [0.25, 0.3) is 37.7 Å². The van der Waals surface area contributed by atoms with E-state index in [9.17, 15) is 67.4 Å². The van der Waals surface area contributed by atoms with E-state index in [1.807, 2.05) is 6.07 Å². The number of aromatic hydroxyl groups is 2. The summed E-state index contributed by atoms with van der Waals surface area (Å²) < 4.78 is 145. The van der Waals surface area contributed by atoms with Crippen LogP contribution < -0.4 is 4.74 Å². The minimum absolute atomic E-state index is 0.0168. The molecule has 360 valence electrons. The number of hydrogen-bond donors (Lipinski definition) is 6. The number of thiazole rings is 1. The van der Waals surface area contributed by atoms with Crippen molar-refractivity contribution in [3.05, 3.63) is 89.5 Å². The van der Waals surface area contributed by atoms with Crippen molar-refractivity contribution in [2.75, 3.05) is 12.4 Å². The fourth-order valence-electron chi connectivity index (χ4n) is 7.03. The Kier molecular flexibility index (Phi) is 12.7. The van der Waals surface area contributed by atoms with Gasteiger partial charge in [-0.15, -0.1) is 30.7 Å². The lowest BCUT2D eigenvalue weighted by Gasteiger charge is -2.13. The molecule has 8 rings (SSSR count). The molecule has 0 atom stereocenters. The van der Waals surface area contributed by atoms with E-state index >= 15 is 0 Å². The van der Waals surface area contributed by atoms with Gasteiger partial charge in [0.2, 0.25) is 11.0 Å². The number of nitriles is 1. The number of imidazole rings is 1. The van der Waals surface area contributed by atoms with Crippen LogP contribution in [0.5, 0.6) is 17.4 Å². The molecule has 30 heteroatoms.